The smallest absolute Gasteiger partial charge is 0.276 e. The van der Waals surface area contributed by atoms with E-state index >= 15 is 0 Å². The second kappa shape index (κ2) is 7.54. The van der Waals surface area contributed by atoms with Crippen LogP contribution in [0.1, 0.15) is 5.76 Å². The van der Waals surface area contributed by atoms with E-state index in [1.807, 2.05) is 6.07 Å². The van der Waals surface area contributed by atoms with Crippen LogP contribution in [0.2, 0.25) is 0 Å². The van der Waals surface area contributed by atoms with E-state index in [0.29, 0.717) is 11.5 Å². The Morgan fingerprint density at radius 3 is 2.62 bits per heavy atom. The second-order valence-electron chi connectivity index (χ2n) is 3.99. The van der Waals surface area contributed by atoms with Crippen LogP contribution in [0.15, 0.2) is 59.2 Å². The average molecular weight is 286 g/mol. The molecule has 0 saturated heterocycles. The van der Waals surface area contributed by atoms with Gasteiger partial charge in [-0.05, 0) is 30.3 Å². The summed E-state index contributed by atoms with van der Waals surface area (Å²) in [5, 5.41) is 0. The van der Waals surface area contributed by atoms with Crippen LogP contribution in [0.3, 0.4) is 0 Å². The molecule has 0 aliphatic rings. The van der Waals surface area contributed by atoms with E-state index in [1.165, 1.54) is 18.4 Å². The maximum Gasteiger partial charge on any atom is 0.276 e. The lowest BCUT2D eigenvalue weighted by Crippen LogP contribution is -2.43. The summed E-state index contributed by atoms with van der Waals surface area (Å²) in [6, 6.07) is 12.3. The number of hydrogen-bond donors (Lipinski definition) is 2. The molecule has 0 aliphatic carbocycles. The van der Waals surface area contributed by atoms with Gasteiger partial charge in [0.1, 0.15) is 11.5 Å². The number of amides is 2. The number of carbonyl (C=O) groups is 2. The molecule has 2 aromatic rings. The number of hydrogen-bond acceptors (Lipinski definition) is 4. The van der Waals surface area contributed by atoms with Gasteiger partial charge < -0.3 is 9.15 Å². The summed E-state index contributed by atoms with van der Waals surface area (Å²) in [6.07, 6.45) is 4.24. The fourth-order valence-corrected chi connectivity index (χ4v) is 1.42. The highest BCUT2D eigenvalue weighted by Crippen LogP contribution is 2.07. The lowest BCUT2D eigenvalue weighted by Gasteiger charge is -2.07. The highest BCUT2D eigenvalue weighted by molar-refractivity contribution is 5.92. The van der Waals surface area contributed by atoms with Gasteiger partial charge in [-0.2, -0.15) is 0 Å². The summed E-state index contributed by atoms with van der Waals surface area (Å²) in [6.45, 7) is -0.188. The van der Waals surface area contributed by atoms with Crippen LogP contribution in [-0.4, -0.2) is 18.4 Å². The molecule has 0 unspecified atom stereocenters. The third-order valence-corrected chi connectivity index (χ3v) is 2.38. The molecule has 1 aromatic heterocycles. The number of para-hydroxylation sites is 1. The van der Waals surface area contributed by atoms with Crippen molar-refractivity contribution >= 4 is 17.9 Å². The summed E-state index contributed by atoms with van der Waals surface area (Å²) < 4.78 is 10.2. The summed E-state index contributed by atoms with van der Waals surface area (Å²) in [5.74, 6) is 0.193. The van der Waals surface area contributed by atoms with Gasteiger partial charge in [-0.1, -0.05) is 18.2 Å². The van der Waals surface area contributed by atoms with Gasteiger partial charge in [-0.15, -0.1) is 0 Å². The molecule has 0 atom stereocenters. The molecule has 1 aromatic carbocycles. The molecule has 0 spiro atoms. The molecule has 21 heavy (non-hydrogen) atoms. The molecule has 6 nitrogen and oxygen atoms in total. The highest BCUT2D eigenvalue weighted by Gasteiger charge is 2.03. The van der Waals surface area contributed by atoms with Crippen LogP contribution < -0.4 is 15.6 Å². The van der Waals surface area contributed by atoms with Crippen LogP contribution >= 0.6 is 0 Å². The Balaban J connectivity index is 1.68. The minimum absolute atomic E-state index is 0.188. The first-order valence-electron chi connectivity index (χ1n) is 6.22. The van der Waals surface area contributed by atoms with Crippen molar-refractivity contribution in [1.29, 1.82) is 0 Å². The van der Waals surface area contributed by atoms with Crippen LogP contribution in [0, 0.1) is 0 Å². The molecule has 0 radical (unpaired) electrons. The van der Waals surface area contributed by atoms with Crippen LogP contribution in [0.4, 0.5) is 0 Å². The Morgan fingerprint density at radius 2 is 1.90 bits per heavy atom. The van der Waals surface area contributed by atoms with E-state index < -0.39 is 11.8 Å². The van der Waals surface area contributed by atoms with Crippen molar-refractivity contribution in [2.75, 3.05) is 6.61 Å². The molecule has 6 heteroatoms. The van der Waals surface area contributed by atoms with Gasteiger partial charge >= 0.3 is 0 Å². The first-order chi connectivity index (χ1) is 10.2. The molecule has 2 N–H and O–H groups in total. The molecule has 0 bridgehead atoms. The average Bonchev–Trinajstić information content (AvgIpc) is 3.03. The fourth-order valence-electron chi connectivity index (χ4n) is 1.42. The molecule has 2 rings (SSSR count). The Kier molecular flexibility index (Phi) is 5.17. The molecular weight excluding hydrogens is 272 g/mol. The molecular formula is C15H14N2O4. The zero-order valence-corrected chi connectivity index (χ0v) is 11.1. The van der Waals surface area contributed by atoms with Gasteiger partial charge in [0, 0.05) is 6.08 Å². The molecule has 1 heterocycles. The van der Waals surface area contributed by atoms with Crippen molar-refractivity contribution in [2.45, 2.75) is 0 Å². The topological polar surface area (TPSA) is 80.6 Å². The van der Waals surface area contributed by atoms with Gasteiger partial charge in [-0.25, -0.2) is 0 Å². The van der Waals surface area contributed by atoms with E-state index in [9.17, 15) is 9.59 Å². The largest absolute Gasteiger partial charge is 0.484 e. The molecule has 0 fully saturated rings. The normalized spacial score (nSPS) is 10.3. The van der Waals surface area contributed by atoms with E-state index in [-0.39, 0.29) is 6.61 Å². The summed E-state index contributed by atoms with van der Waals surface area (Å²) in [7, 11) is 0. The fraction of sp³-hybridized carbons (Fsp3) is 0.0667. The SMILES string of the molecule is O=C(/C=C/c1ccco1)NNC(=O)COc1ccccc1. The Hall–Kier alpha value is -3.02. The number of rotatable bonds is 5. The van der Waals surface area contributed by atoms with Crippen molar-refractivity contribution in [3.05, 3.63) is 60.6 Å². The third-order valence-electron chi connectivity index (χ3n) is 2.38. The van der Waals surface area contributed by atoms with Gasteiger partial charge in [0.05, 0.1) is 6.26 Å². The minimum atomic E-state index is -0.473. The number of carbonyl (C=O) groups excluding carboxylic acids is 2. The predicted octanol–water partition coefficient (Wildman–Crippen LogP) is 1.52. The van der Waals surface area contributed by atoms with E-state index in [4.69, 9.17) is 9.15 Å². The van der Waals surface area contributed by atoms with Crippen molar-refractivity contribution in [2.24, 2.45) is 0 Å². The molecule has 0 aliphatic heterocycles. The number of nitrogens with one attached hydrogen (secondary N) is 2. The minimum Gasteiger partial charge on any atom is -0.484 e. The highest BCUT2D eigenvalue weighted by atomic mass is 16.5. The monoisotopic (exact) mass is 286 g/mol. The summed E-state index contributed by atoms with van der Waals surface area (Å²) in [5.41, 5.74) is 4.47. The first kappa shape index (κ1) is 14.4. The molecule has 108 valence electrons. The van der Waals surface area contributed by atoms with E-state index in [1.54, 1.807) is 36.4 Å². The summed E-state index contributed by atoms with van der Waals surface area (Å²) >= 11 is 0. The van der Waals surface area contributed by atoms with E-state index in [0.717, 1.165) is 0 Å². The zero-order valence-electron chi connectivity index (χ0n) is 11.1. The maximum absolute atomic E-state index is 11.5. The van der Waals surface area contributed by atoms with Crippen molar-refractivity contribution < 1.29 is 18.7 Å². The number of benzene rings is 1. The van der Waals surface area contributed by atoms with Crippen molar-refractivity contribution in [3.8, 4) is 5.75 Å². The maximum atomic E-state index is 11.5. The van der Waals surface area contributed by atoms with Gasteiger partial charge in [-0.3, -0.25) is 20.4 Å². The standard InChI is InChI=1S/C15H14N2O4/c18-14(9-8-13-7-4-10-20-13)16-17-15(19)11-21-12-5-2-1-3-6-12/h1-10H,11H2,(H,16,18)(H,17,19)/b9-8+. The second-order valence-corrected chi connectivity index (χ2v) is 3.99. The Bertz CT molecular complexity index is 606. The Labute approximate surface area is 121 Å². The molecule has 2 amide bonds. The number of hydrazine groups is 1. The number of furan rings is 1. The van der Waals surface area contributed by atoms with Crippen molar-refractivity contribution in [3.63, 3.8) is 0 Å². The van der Waals surface area contributed by atoms with E-state index in [2.05, 4.69) is 10.9 Å². The van der Waals surface area contributed by atoms with Crippen LogP contribution in [0.25, 0.3) is 6.08 Å². The third kappa shape index (κ3) is 5.23. The quantitative estimate of drug-likeness (QED) is 0.645. The first-order valence-corrected chi connectivity index (χ1v) is 6.22. The van der Waals surface area contributed by atoms with Gasteiger partial charge in [0.25, 0.3) is 11.8 Å². The number of ether oxygens (including phenoxy) is 1. The molecule has 0 saturated carbocycles. The van der Waals surface area contributed by atoms with Gasteiger partial charge in [0.2, 0.25) is 0 Å². The Morgan fingerprint density at radius 1 is 1.10 bits per heavy atom. The van der Waals surface area contributed by atoms with Crippen LogP contribution in [0.5, 0.6) is 5.75 Å². The van der Waals surface area contributed by atoms with Crippen molar-refractivity contribution in [1.82, 2.24) is 10.9 Å². The summed E-state index contributed by atoms with van der Waals surface area (Å²) in [4.78, 5) is 22.9. The zero-order chi connectivity index (χ0) is 14.9. The van der Waals surface area contributed by atoms with Crippen LogP contribution in [-0.2, 0) is 9.59 Å². The lowest BCUT2D eigenvalue weighted by atomic mass is 10.3. The van der Waals surface area contributed by atoms with Gasteiger partial charge in [0.15, 0.2) is 6.61 Å². The lowest BCUT2D eigenvalue weighted by molar-refractivity contribution is -0.128. The predicted molar refractivity (Wildman–Crippen MR) is 76.0 cm³/mol.